The molecule has 0 saturated carbocycles. The lowest BCUT2D eigenvalue weighted by molar-refractivity contribution is 0.102. The van der Waals surface area contributed by atoms with Gasteiger partial charge in [-0.25, -0.2) is 0 Å². The summed E-state index contributed by atoms with van der Waals surface area (Å²) in [5.41, 5.74) is 3.34. The molecule has 144 valence electrons. The molecule has 5 heteroatoms. The maximum Gasteiger partial charge on any atom is 0.255 e. The summed E-state index contributed by atoms with van der Waals surface area (Å²) in [5.74, 6) is 0.560. The minimum Gasteiger partial charge on any atom is -0.491 e. The highest BCUT2D eigenvalue weighted by molar-refractivity contribution is 6.32. The van der Waals surface area contributed by atoms with Gasteiger partial charge in [0.15, 0.2) is 11.5 Å². The van der Waals surface area contributed by atoms with Gasteiger partial charge < -0.3 is 14.8 Å². The fraction of sp³-hybridized carbons (Fsp3) is 0.174. The standard InChI is InChI=1S/C23H22ClNO3/c1-3-16-9-11-19(12-10-16)25-23(26)18-13-20(24)22(27-2)21(14-18)28-15-17-7-5-4-6-8-17/h4-14H,3,15H2,1-2H3,(H,25,26). The van der Waals surface area contributed by atoms with Crippen molar-refractivity contribution in [2.24, 2.45) is 0 Å². The van der Waals surface area contributed by atoms with Crippen molar-refractivity contribution in [3.63, 3.8) is 0 Å². The van der Waals surface area contributed by atoms with E-state index in [0.717, 1.165) is 17.7 Å². The Hall–Kier alpha value is -2.98. The maximum atomic E-state index is 12.7. The molecule has 1 amide bonds. The number of methoxy groups -OCH3 is 1. The number of anilines is 1. The van der Waals surface area contributed by atoms with Gasteiger partial charge in [-0.05, 0) is 41.8 Å². The van der Waals surface area contributed by atoms with Crippen LogP contribution in [0, 0.1) is 0 Å². The van der Waals surface area contributed by atoms with Crippen LogP contribution in [0.25, 0.3) is 0 Å². The van der Waals surface area contributed by atoms with Gasteiger partial charge in [0.1, 0.15) is 6.61 Å². The van der Waals surface area contributed by atoms with Crippen LogP contribution in [0.1, 0.15) is 28.4 Å². The highest BCUT2D eigenvalue weighted by Gasteiger charge is 2.16. The van der Waals surface area contributed by atoms with Crippen molar-refractivity contribution < 1.29 is 14.3 Å². The first-order valence-electron chi connectivity index (χ1n) is 9.05. The van der Waals surface area contributed by atoms with Gasteiger partial charge in [-0.15, -0.1) is 0 Å². The third-order valence-corrected chi connectivity index (χ3v) is 4.61. The Balaban J connectivity index is 1.80. The molecule has 28 heavy (non-hydrogen) atoms. The maximum absolute atomic E-state index is 12.7. The molecule has 0 saturated heterocycles. The molecular formula is C23H22ClNO3. The van der Waals surface area contributed by atoms with Crippen LogP contribution in [-0.4, -0.2) is 13.0 Å². The number of carbonyl (C=O) groups is 1. The minimum atomic E-state index is -0.265. The lowest BCUT2D eigenvalue weighted by Gasteiger charge is -2.14. The third kappa shape index (κ3) is 4.84. The number of benzene rings is 3. The molecule has 0 aliphatic rings. The molecule has 0 unspecified atom stereocenters. The normalized spacial score (nSPS) is 10.4. The fourth-order valence-electron chi connectivity index (χ4n) is 2.77. The van der Waals surface area contributed by atoms with Gasteiger partial charge in [0.25, 0.3) is 5.91 Å². The topological polar surface area (TPSA) is 47.6 Å². The molecule has 0 heterocycles. The summed E-state index contributed by atoms with van der Waals surface area (Å²) in [6.07, 6.45) is 0.949. The van der Waals surface area contributed by atoms with E-state index >= 15 is 0 Å². The van der Waals surface area contributed by atoms with Crippen molar-refractivity contribution >= 4 is 23.2 Å². The Kier molecular flexibility index (Phi) is 6.56. The number of amides is 1. The van der Waals surface area contributed by atoms with Crippen LogP contribution in [0.5, 0.6) is 11.5 Å². The molecule has 0 aromatic heterocycles. The molecular weight excluding hydrogens is 374 g/mol. The number of ether oxygens (including phenoxy) is 2. The third-order valence-electron chi connectivity index (χ3n) is 4.33. The molecule has 3 rings (SSSR count). The molecule has 1 N–H and O–H groups in total. The van der Waals surface area contributed by atoms with Gasteiger partial charge in [-0.2, -0.15) is 0 Å². The molecule has 0 fully saturated rings. The minimum absolute atomic E-state index is 0.265. The van der Waals surface area contributed by atoms with Crippen LogP contribution < -0.4 is 14.8 Å². The molecule has 0 radical (unpaired) electrons. The summed E-state index contributed by atoms with van der Waals surface area (Å²) in [6.45, 7) is 2.43. The van der Waals surface area contributed by atoms with E-state index in [2.05, 4.69) is 12.2 Å². The van der Waals surface area contributed by atoms with Gasteiger partial charge in [0.2, 0.25) is 0 Å². The zero-order valence-corrected chi connectivity index (χ0v) is 16.6. The van der Waals surface area contributed by atoms with E-state index < -0.39 is 0 Å². The predicted octanol–water partition coefficient (Wildman–Crippen LogP) is 5.74. The van der Waals surface area contributed by atoms with Crippen LogP contribution in [0.4, 0.5) is 5.69 Å². The van der Waals surface area contributed by atoms with Crippen LogP contribution in [0.2, 0.25) is 5.02 Å². The lowest BCUT2D eigenvalue weighted by atomic mass is 10.1. The Bertz CT molecular complexity index is 940. The first-order chi connectivity index (χ1) is 13.6. The molecule has 3 aromatic rings. The van der Waals surface area contributed by atoms with E-state index in [1.54, 1.807) is 12.1 Å². The van der Waals surface area contributed by atoms with Gasteiger partial charge in [0.05, 0.1) is 12.1 Å². The van der Waals surface area contributed by atoms with Crippen molar-refractivity contribution in [3.05, 3.63) is 88.4 Å². The number of rotatable bonds is 7. The quantitative estimate of drug-likeness (QED) is 0.554. The van der Waals surface area contributed by atoms with E-state index in [0.29, 0.717) is 28.7 Å². The Labute approximate surface area is 170 Å². The summed E-state index contributed by atoms with van der Waals surface area (Å²) >= 11 is 6.32. The van der Waals surface area contributed by atoms with Gasteiger partial charge >= 0.3 is 0 Å². The molecule has 0 aliphatic heterocycles. The second kappa shape index (κ2) is 9.29. The Morgan fingerprint density at radius 1 is 1.00 bits per heavy atom. The van der Waals surface area contributed by atoms with Crippen LogP contribution in [0.15, 0.2) is 66.7 Å². The SMILES string of the molecule is CCc1ccc(NC(=O)c2cc(Cl)c(OC)c(OCc3ccccc3)c2)cc1. The average Bonchev–Trinajstić information content (AvgIpc) is 2.73. The zero-order valence-electron chi connectivity index (χ0n) is 15.9. The van der Waals surface area contributed by atoms with Crippen LogP contribution in [-0.2, 0) is 13.0 Å². The number of halogens is 1. The summed E-state index contributed by atoms with van der Waals surface area (Å²) < 4.78 is 11.2. The van der Waals surface area contributed by atoms with E-state index in [-0.39, 0.29) is 5.91 Å². The zero-order chi connectivity index (χ0) is 19.9. The number of hydrogen-bond donors (Lipinski definition) is 1. The highest BCUT2D eigenvalue weighted by Crippen LogP contribution is 2.37. The summed E-state index contributed by atoms with van der Waals surface area (Å²) in [5, 5.41) is 3.20. The average molecular weight is 396 g/mol. The Morgan fingerprint density at radius 3 is 2.36 bits per heavy atom. The van der Waals surface area contributed by atoms with E-state index in [1.807, 2.05) is 54.6 Å². The summed E-state index contributed by atoms with van der Waals surface area (Å²) in [7, 11) is 1.52. The lowest BCUT2D eigenvalue weighted by Crippen LogP contribution is -2.12. The summed E-state index contributed by atoms with van der Waals surface area (Å²) in [6, 6.07) is 20.7. The van der Waals surface area contributed by atoms with E-state index in [9.17, 15) is 4.79 Å². The highest BCUT2D eigenvalue weighted by atomic mass is 35.5. The smallest absolute Gasteiger partial charge is 0.255 e. The molecule has 3 aromatic carbocycles. The molecule has 0 aliphatic carbocycles. The predicted molar refractivity (Wildman–Crippen MR) is 113 cm³/mol. The largest absolute Gasteiger partial charge is 0.491 e. The molecule has 0 bridgehead atoms. The number of hydrogen-bond acceptors (Lipinski definition) is 3. The van der Waals surface area contributed by atoms with Crippen molar-refractivity contribution in [1.29, 1.82) is 0 Å². The molecule has 4 nitrogen and oxygen atoms in total. The second-order valence-corrected chi connectivity index (χ2v) is 6.68. The molecule has 0 spiro atoms. The summed E-state index contributed by atoms with van der Waals surface area (Å²) in [4.78, 5) is 12.7. The van der Waals surface area contributed by atoms with Crippen molar-refractivity contribution in [2.75, 3.05) is 12.4 Å². The number of nitrogens with one attached hydrogen (secondary N) is 1. The van der Waals surface area contributed by atoms with Gasteiger partial charge in [0, 0.05) is 11.3 Å². The van der Waals surface area contributed by atoms with Gasteiger partial charge in [-0.3, -0.25) is 4.79 Å². The first-order valence-corrected chi connectivity index (χ1v) is 9.43. The van der Waals surface area contributed by atoms with Crippen molar-refractivity contribution in [2.45, 2.75) is 20.0 Å². The monoisotopic (exact) mass is 395 g/mol. The van der Waals surface area contributed by atoms with E-state index in [4.69, 9.17) is 21.1 Å². The van der Waals surface area contributed by atoms with Crippen molar-refractivity contribution in [3.8, 4) is 11.5 Å². The molecule has 0 atom stereocenters. The first kappa shape index (κ1) is 19.8. The second-order valence-electron chi connectivity index (χ2n) is 6.27. The fourth-order valence-corrected chi connectivity index (χ4v) is 3.05. The number of carbonyl (C=O) groups excluding carboxylic acids is 1. The Morgan fingerprint density at radius 2 is 1.71 bits per heavy atom. The number of aryl methyl sites for hydroxylation is 1. The van der Waals surface area contributed by atoms with Crippen LogP contribution in [0.3, 0.4) is 0 Å². The van der Waals surface area contributed by atoms with Gasteiger partial charge in [-0.1, -0.05) is 61.0 Å². The van der Waals surface area contributed by atoms with E-state index in [1.165, 1.54) is 12.7 Å². The van der Waals surface area contributed by atoms with Crippen molar-refractivity contribution in [1.82, 2.24) is 0 Å². The van der Waals surface area contributed by atoms with Crippen LogP contribution >= 0.6 is 11.6 Å².